The van der Waals surface area contributed by atoms with Gasteiger partial charge in [-0.25, -0.2) is 0 Å². The highest BCUT2D eigenvalue weighted by molar-refractivity contribution is 4.96. The van der Waals surface area contributed by atoms with Crippen LogP contribution in [0.4, 0.5) is 0 Å². The Labute approximate surface area is 108 Å². The smallest absolute Gasteiger partial charge is 0.0183 e. The molecule has 2 N–H and O–H groups in total. The summed E-state index contributed by atoms with van der Waals surface area (Å²) in [5.41, 5.74) is 6.99. The molecule has 2 aliphatic carbocycles. The molecule has 0 radical (unpaired) electrons. The van der Waals surface area contributed by atoms with Crippen LogP contribution in [-0.2, 0) is 0 Å². The zero-order valence-electron chi connectivity index (χ0n) is 12.0. The highest BCUT2D eigenvalue weighted by Crippen LogP contribution is 2.43. The molecule has 0 spiro atoms. The summed E-state index contributed by atoms with van der Waals surface area (Å²) in [6.45, 7) is 7.24. The fourth-order valence-corrected chi connectivity index (χ4v) is 4.39. The van der Waals surface area contributed by atoms with Gasteiger partial charge in [0.2, 0.25) is 0 Å². The van der Waals surface area contributed by atoms with E-state index in [4.69, 9.17) is 5.73 Å². The normalized spacial score (nSPS) is 48.7. The van der Waals surface area contributed by atoms with Crippen molar-refractivity contribution in [2.75, 3.05) is 0 Å². The van der Waals surface area contributed by atoms with Gasteiger partial charge in [-0.3, -0.25) is 0 Å². The average Bonchev–Trinajstić information content (AvgIpc) is 2.41. The van der Waals surface area contributed by atoms with E-state index in [1.807, 2.05) is 0 Å². The predicted molar refractivity (Wildman–Crippen MR) is 74.8 cm³/mol. The lowest BCUT2D eigenvalue weighted by Crippen LogP contribution is -2.49. The summed E-state index contributed by atoms with van der Waals surface area (Å²) in [6, 6.07) is 0. The first-order valence-corrected chi connectivity index (χ1v) is 7.78. The van der Waals surface area contributed by atoms with Crippen molar-refractivity contribution in [1.82, 2.24) is 0 Å². The van der Waals surface area contributed by atoms with E-state index < -0.39 is 0 Å². The van der Waals surface area contributed by atoms with Crippen LogP contribution in [0.15, 0.2) is 0 Å². The monoisotopic (exact) mass is 237 g/mol. The Balaban J connectivity index is 2.03. The maximum atomic E-state index is 6.82. The molecule has 0 heterocycles. The lowest BCUT2D eigenvalue weighted by Gasteiger charge is -2.43. The summed E-state index contributed by atoms with van der Waals surface area (Å²) in [4.78, 5) is 0. The van der Waals surface area contributed by atoms with Crippen LogP contribution in [0.3, 0.4) is 0 Å². The van der Waals surface area contributed by atoms with Gasteiger partial charge in [0.1, 0.15) is 0 Å². The van der Waals surface area contributed by atoms with Crippen LogP contribution < -0.4 is 5.73 Å². The molecule has 2 fully saturated rings. The van der Waals surface area contributed by atoms with E-state index in [1.165, 1.54) is 51.4 Å². The Kier molecular flexibility index (Phi) is 4.18. The minimum absolute atomic E-state index is 0.174. The van der Waals surface area contributed by atoms with Crippen LogP contribution in [-0.4, -0.2) is 5.54 Å². The molecule has 4 atom stereocenters. The molecule has 1 heteroatoms. The lowest BCUT2D eigenvalue weighted by molar-refractivity contribution is 0.122. The van der Waals surface area contributed by atoms with E-state index in [0.717, 1.165) is 23.7 Å². The molecule has 0 aliphatic heterocycles. The third-order valence-electron chi connectivity index (χ3n) is 5.43. The molecule has 2 rings (SSSR count). The van der Waals surface area contributed by atoms with E-state index in [0.29, 0.717) is 0 Å². The van der Waals surface area contributed by atoms with Gasteiger partial charge >= 0.3 is 0 Å². The van der Waals surface area contributed by atoms with Crippen molar-refractivity contribution in [2.24, 2.45) is 29.4 Å². The molecule has 0 aromatic heterocycles. The van der Waals surface area contributed by atoms with E-state index >= 15 is 0 Å². The molecule has 2 aliphatic rings. The Hall–Kier alpha value is -0.0400. The summed E-state index contributed by atoms with van der Waals surface area (Å²) in [6.07, 6.45) is 10.9. The van der Waals surface area contributed by atoms with Gasteiger partial charge < -0.3 is 5.73 Å². The molecule has 0 bridgehead atoms. The van der Waals surface area contributed by atoms with Gasteiger partial charge in [0.05, 0.1) is 0 Å². The van der Waals surface area contributed by atoms with Gasteiger partial charge in [0.15, 0.2) is 0 Å². The standard InChI is InChI=1S/C16H31N/c1-12-5-4-7-16(17,8-6-12)15-10-13(2)9-14(3)11-15/h12-15H,4-11,17H2,1-3H3. The molecule has 0 aromatic carbocycles. The minimum atomic E-state index is 0.174. The molecule has 100 valence electrons. The van der Waals surface area contributed by atoms with Crippen LogP contribution in [0.2, 0.25) is 0 Å². The van der Waals surface area contributed by atoms with Gasteiger partial charge in [-0.1, -0.05) is 33.6 Å². The second kappa shape index (κ2) is 5.30. The molecule has 4 unspecified atom stereocenters. The van der Waals surface area contributed by atoms with Crippen LogP contribution in [0.25, 0.3) is 0 Å². The van der Waals surface area contributed by atoms with Gasteiger partial charge in [0, 0.05) is 5.54 Å². The molecule has 2 saturated carbocycles. The van der Waals surface area contributed by atoms with E-state index in [9.17, 15) is 0 Å². The topological polar surface area (TPSA) is 26.0 Å². The zero-order valence-corrected chi connectivity index (χ0v) is 12.0. The lowest BCUT2D eigenvalue weighted by atomic mass is 9.66. The second-order valence-electron chi connectivity index (χ2n) is 7.38. The summed E-state index contributed by atoms with van der Waals surface area (Å²) in [7, 11) is 0. The van der Waals surface area contributed by atoms with Crippen molar-refractivity contribution in [3.8, 4) is 0 Å². The molecular weight excluding hydrogens is 206 g/mol. The maximum Gasteiger partial charge on any atom is 0.0183 e. The number of rotatable bonds is 1. The summed E-state index contributed by atoms with van der Waals surface area (Å²) in [5, 5.41) is 0. The van der Waals surface area contributed by atoms with Crippen molar-refractivity contribution in [3.63, 3.8) is 0 Å². The molecule has 0 amide bonds. The van der Waals surface area contributed by atoms with E-state index in [-0.39, 0.29) is 5.54 Å². The summed E-state index contributed by atoms with van der Waals surface area (Å²) >= 11 is 0. The SMILES string of the molecule is CC1CCCC(N)(C2CC(C)CC(C)C2)CC1. The highest BCUT2D eigenvalue weighted by atomic mass is 14.8. The minimum Gasteiger partial charge on any atom is -0.325 e. The van der Waals surface area contributed by atoms with Crippen molar-refractivity contribution >= 4 is 0 Å². The van der Waals surface area contributed by atoms with Crippen LogP contribution >= 0.6 is 0 Å². The quantitative estimate of drug-likeness (QED) is 0.674. The largest absolute Gasteiger partial charge is 0.325 e. The average molecular weight is 237 g/mol. The third kappa shape index (κ3) is 3.24. The van der Waals surface area contributed by atoms with Gasteiger partial charge in [-0.15, -0.1) is 0 Å². The molecule has 1 nitrogen and oxygen atoms in total. The molecule has 17 heavy (non-hydrogen) atoms. The fraction of sp³-hybridized carbons (Fsp3) is 1.00. The highest BCUT2D eigenvalue weighted by Gasteiger charge is 2.39. The molecule has 0 saturated heterocycles. The summed E-state index contributed by atoms with van der Waals surface area (Å²) in [5.74, 6) is 3.49. The predicted octanol–water partition coefficient (Wildman–Crippen LogP) is 4.36. The van der Waals surface area contributed by atoms with Crippen LogP contribution in [0.1, 0.15) is 72.1 Å². The van der Waals surface area contributed by atoms with E-state index in [1.54, 1.807) is 0 Å². The Bertz CT molecular complexity index is 240. The fourth-order valence-electron chi connectivity index (χ4n) is 4.39. The number of hydrogen-bond donors (Lipinski definition) is 1. The van der Waals surface area contributed by atoms with Crippen molar-refractivity contribution in [3.05, 3.63) is 0 Å². The zero-order chi connectivity index (χ0) is 12.5. The van der Waals surface area contributed by atoms with Crippen molar-refractivity contribution in [1.29, 1.82) is 0 Å². The number of nitrogens with two attached hydrogens (primary N) is 1. The Morgan fingerprint density at radius 2 is 1.47 bits per heavy atom. The Morgan fingerprint density at radius 3 is 2.12 bits per heavy atom. The first-order chi connectivity index (χ1) is 7.99. The Morgan fingerprint density at radius 1 is 0.824 bits per heavy atom. The molecular formula is C16H31N. The molecule has 0 aromatic rings. The third-order valence-corrected chi connectivity index (χ3v) is 5.43. The van der Waals surface area contributed by atoms with E-state index in [2.05, 4.69) is 20.8 Å². The van der Waals surface area contributed by atoms with Crippen LogP contribution in [0, 0.1) is 23.7 Å². The van der Waals surface area contributed by atoms with Gasteiger partial charge in [-0.2, -0.15) is 0 Å². The maximum absolute atomic E-state index is 6.82. The van der Waals surface area contributed by atoms with Gasteiger partial charge in [0.25, 0.3) is 0 Å². The summed E-state index contributed by atoms with van der Waals surface area (Å²) < 4.78 is 0. The first kappa shape index (κ1) is 13.4. The second-order valence-corrected chi connectivity index (χ2v) is 7.38. The van der Waals surface area contributed by atoms with Gasteiger partial charge in [-0.05, 0) is 62.2 Å². The number of hydrogen-bond acceptors (Lipinski definition) is 1. The van der Waals surface area contributed by atoms with Crippen LogP contribution in [0.5, 0.6) is 0 Å². The van der Waals surface area contributed by atoms with Crippen molar-refractivity contribution in [2.45, 2.75) is 77.7 Å². The van der Waals surface area contributed by atoms with Crippen molar-refractivity contribution < 1.29 is 0 Å². The first-order valence-electron chi connectivity index (χ1n) is 7.78.